The highest BCUT2D eigenvalue weighted by molar-refractivity contribution is 8.03. The molecule has 0 atom stereocenters. The highest BCUT2D eigenvalue weighted by Crippen LogP contribution is 1.82. The van der Waals surface area contributed by atoms with Crippen molar-refractivity contribution in [3.63, 3.8) is 0 Å². The Balaban J connectivity index is 4.29. The number of carbonyl (C=O) groups is 1. The van der Waals surface area contributed by atoms with Crippen LogP contribution in [0.4, 0.5) is 4.79 Å². The maximum atomic E-state index is 9.90. The lowest BCUT2D eigenvalue weighted by atomic mass is 11.5. The first-order valence-electron chi connectivity index (χ1n) is 1.59. The fourth-order valence-electron chi connectivity index (χ4n) is 0.116. The summed E-state index contributed by atoms with van der Waals surface area (Å²) in [5.41, 5.74) is 0. The van der Waals surface area contributed by atoms with E-state index in [1.807, 2.05) is 0 Å². The summed E-state index contributed by atoms with van der Waals surface area (Å²) in [6.45, 7) is 0. The van der Waals surface area contributed by atoms with Crippen molar-refractivity contribution < 1.29 is 17.9 Å². The van der Waals surface area contributed by atoms with Crippen molar-refractivity contribution in [3.05, 3.63) is 0 Å². The summed E-state index contributed by atoms with van der Waals surface area (Å²) >= 11 is 0. The zero-order valence-electron chi connectivity index (χ0n) is 4.12. The predicted molar refractivity (Wildman–Crippen MR) is 25.5 cm³/mol. The molecule has 48 valence electrons. The second-order valence-corrected chi connectivity index (χ2v) is 2.42. The highest BCUT2D eigenvalue weighted by atomic mass is 32.2. The highest BCUT2D eigenvalue weighted by Gasteiger charge is 2.15. The van der Waals surface area contributed by atoms with Crippen LogP contribution in [0.2, 0.25) is 0 Å². The van der Waals surface area contributed by atoms with Gasteiger partial charge in [-0.2, -0.15) is 0 Å². The van der Waals surface area contributed by atoms with Gasteiger partial charge in [-0.15, -0.1) is 0 Å². The molecule has 0 fully saturated rings. The van der Waals surface area contributed by atoms with Crippen molar-refractivity contribution >= 4 is 15.3 Å². The van der Waals surface area contributed by atoms with Crippen molar-refractivity contribution in [2.24, 2.45) is 5.14 Å². The molecule has 0 aromatic carbocycles. The van der Waals surface area contributed by atoms with Gasteiger partial charge >= 0.3 is 15.3 Å². The summed E-state index contributed by atoms with van der Waals surface area (Å²) in [5.74, 6) is 0. The fourth-order valence-corrected chi connectivity index (χ4v) is 0.348. The molecule has 0 bridgehead atoms. The average molecular weight is 139 g/mol. The number of rotatable bonds is 0. The van der Waals surface area contributed by atoms with E-state index in [-0.39, 0.29) is 0 Å². The zero-order chi connectivity index (χ0) is 6.78. The minimum atomic E-state index is -4.11. The van der Waals surface area contributed by atoms with E-state index in [0.717, 1.165) is 7.11 Å². The molecule has 0 aromatic heterocycles. The second kappa shape index (κ2) is 2.10. The number of hydrogen-bond donors (Lipinski definition) is 1. The van der Waals surface area contributed by atoms with Gasteiger partial charge in [0, 0.05) is 0 Å². The molecule has 8 heavy (non-hydrogen) atoms. The fraction of sp³-hybridized carbons (Fsp3) is 0.500. The van der Waals surface area contributed by atoms with E-state index in [2.05, 4.69) is 9.88 Å². The molecule has 0 amide bonds. The third kappa shape index (κ3) is 1.90. The summed E-state index contributed by atoms with van der Waals surface area (Å²) < 4.78 is 23.5. The standard InChI is InChI=1S/C2H5NO4S/c1-7-2(4)8(3,5)6/h1H3,(H2,3,5,6). The number of primary sulfonamides is 1. The van der Waals surface area contributed by atoms with Gasteiger partial charge in [-0.3, -0.25) is 0 Å². The predicted octanol–water partition coefficient (Wildman–Crippen LogP) is -0.959. The van der Waals surface area contributed by atoms with E-state index in [4.69, 9.17) is 0 Å². The van der Waals surface area contributed by atoms with E-state index < -0.39 is 15.3 Å². The van der Waals surface area contributed by atoms with Crippen molar-refractivity contribution in [2.75, 3.05) is 7.11 Å². The third-order valence-electron chi connectivity index (χ3n) is 0.399. The Labute approximate surface area is 46.5 Å². The summed E-state index contributed by atoms with van der Waals surface area (Å²) in [4.78, 5) is 9.90. The second-order valence-electron chi connectivity index (χ2n) is 0.999. The Hall–Kier alpha value is -0.620. The smallest absolute Gasteiger partial charge is 0.439 e. The van der Waals surface area contributed by atoms with Gasteiger partial charge in [0.15, 0.2) is 0 Å². The number of ether oxygens (including phenoxy) is 1. The van der Waals surface area contributed by atoms with Crippen LogP contribution in [0.15, 0.2) is 0 Å². The Kier molecular flexibility index (Phi) is 1.94. The Morgan fingerprint density at radius 1 is 1.62 bits per heavy atom. The van der Waals surface area contributed by atoms with Crippen LogP contribution in [-0.2, 0) is 14.8 Å². The summed E-state index contributed by atoms with van der Waals surface area (Å²) in [6.07, 6.45) is 0. The average Bonchev–Trinajstić information content (AvgIpc) is 1.62. The van der Waals surface area contributed by atoms with Gasteiger partial charge in [-0.25, -0.2) is 18.4 Å². The lowest BCUT2D eigenvalue weighted by molar-refractivity contribution is 0.197. The summed E-state index contributed by atoms with van der Waals surface area (Å²) in [6, 6.07) is 0. The van der Waals surface area contributed by atoms with Crippen LogP contribution in [0.3, 0.4) is 0 Å². The van der Waals surface area contributed by atoms with Crippen molar-refractivity contribution in [3.8, 4) is 0 Å². The lowest BCUT2D eigenvalue weighted by Crippen LogP contribution is -2.22. The maximum absolute atomic E-state index is 9.90. The number of carbonyl (C=O) groups excluding carboxylic acids is 1. The molecule has 5 nitrogen and oxygen atoms in total. The molecule has 0 aliphatic rings. The Morgan fingerprint density at radius 2 is 2.00 bits per heavy atom. The molecule has 0 saturated carbocycles. The van der Waals surface area contributed by atoms with E-state index in [1.54, 1.807) is 0 Å². The van der Waals surface area contributed by atoms with Crippen LogP contribution in [0.5, 0.6) is 0 Å². The lowest BCUT2D eigenvalue weighted by Gasteiger charge is -1.90. The first-order valence-corrected chi connectivity index (χ1v) is 3.14. The summed E-state index contributed by atoms with van der Waals surface area (Å²) in [7, 11) is -3.18. The molecule has 0 saturated heterocycles. The zero-order valence-corrected chi connectivity index (χ0v) is 4.94. The molecule has 0 aliphatic heterocycles. The molecule has 0 radical (unpaired) electrons. The molecule has 2 N–H and O–H groups in total. The molecule has 0 spiro atoms. The van der Waals surface area contributed by atoms with Crippen LogP contribution in [0.25, 0.3) is 0 Å². The van der Waals surface area contributed by atoms with Gasteiger partial charge in [0.2, 0.25) is 0 Å². The van der Waals surface area contributed by atoms with Crippen LogP contribution >= 0.6 is 0 Å². The molecule has 0 unspecified atom stereocenters. The number of hydrogen-bond acceptors (Lipinski definition) is 4. The molecule has 0 aliphatic carbocycles. The third-order valence-corrected chi connectivity index (χ3v) is 1.03. The van der Waals surface area contributed by atoms with E-state index >= 15 is 0 Å². The van der Waals surface area contributed by atoms with Crippen molar-refractivity contribution in [1.29, 1.82) is 0 Å². The van der Waals surface area contributed by atoms with Crippen molar-refractivity contribution in [1.82, 2.24) is 0 Å². The van der Waals surface area contributed by atoms with Crippen LogP contribution in [-0.4, -0.2) is 20.8 Å². The van der Waals surface area contributed by atoms with Gasteiger partial charge in [0.1, 0.15) is 0 Å². The van der Waals surface area contributed by atoms with Gasteiger partial charge in [0.05, 0.1) is 7.11 Å². The van der Waals surface area contributed by atoms with Crippen LogP contribution in [0, 0.1) is 0 Å². The van der Waals surface area contributed by atoms with Crippen molar-refractivity contribution in [2.45, 2.75) is 0 Å². The molecule has 6 heteroatoms. The molecular weight excluding hydrogens is 134 g/mol. The molecular formula is C2H5NO4S. The first-order chi connectivity index (χ1) is 3.48. The Bertz CT molecular complexity index is 180. The summed E-state index contributed by atoms with van der Waals surface area (Å²) in [5, 5.41) is 2.87. The minimum absolute atomic E-state index is 0.937. The number of sulfonamides is 1. The normalized spacial score (nSPS) is 10.8. The molecule has 0 rings (SSSR count). The molecule has 0 heterocycles. The van der Waals surface area contributed by atoms with Gasteiger partial charge in [-0.05, 0) is 0 Å². The van der Waals surface area contributed by atoms with Crippen LogP contribution in [0.1, 0.15) is 0 Å². The quantitative estimate of drug-likeness (QED) is 0.438. The maximum Gasteiger partial charge on any atom is 0.439 e. The van der Waals surface area contributed by atoms with E-state index in [0.29, 0.717) is 0 Å². The first kappa shape index (κ1) is 7.38. The van der Waals surface area contributed by atoms with Gasteiger partial charge < -0.3 is 4.74 Å². The van der Waals surface area contributed by atoms with Crippen LogP contribution < -0.4 is 5.14 Å². The number of nitrogens with two attached hydrogens (primary N) is 1. The van der Waals surface area contributed by atoms with Gasteiger partial charge in [-0.1, -0.05) is 0 Å². The Morgan fingerprint density at radius 3 is 2.00 bits per heavy atom. The largest absolute Gasteiger partial charge is 0.456 e. The molecule has 0 aromatic rings. The monoisotopic (exact) mass is 139 g/mol. The minimum Gasteiger partial charge on any atom is -0.456 e. The van der Waals surface area contributed by atoms with E-state index in [9.17, 15) is 13.2 Å². The van der Waals surface area contributed by atoms with Gasteiger partial charge in [0.25, 0.3) is 0 Å². The SMILES string of the molecule is COC(=O)S(N)(=O)=O. The topological polar surface area (TPSA) is 86.5 Å². The van der Waals surface area contributed by atoms with E-state index in [1.165, 1.54) is 0 Å². The number of methoxy groups -OCH3 is 1.